The van der Waals surface area contributed by atoms with E-state index in [2.05, 4.69) is 88.6 Å². The van der Waals surface area contributed by atoms with Gasteiger partial charge in [-0.3, -0.25) is 0 Å². The molecular formula is C22H32Br2N2Zr. The molecule has 0 unspecified atom stereocenters. The third-order valence-corrected chi connectivity index (χ3v) is 4.16. The van der Waals surface area contributed by atoms with Crippen molar-refractivity contribution in [2.45, 2.75) is 54.4 Å². The normalized spacial score (nSPS) is 8.81. The molecule has 2 nitrogen and oxygen atoms in total. The molecular weight excluding hydrogens is 543 g/mol. The van der Waals surface area contributed by atoms with Gasteiger partial charge in [-0.15, -0.1) is 24.5 Å². The molecule has 0 N–H and O–H groups in total. The Kier molecular flexibility index (Phi) is 21.0. The van der Waals surface area contributed by atoms with Crippen molar-refractivity contribution in [3.8, 4) is 0 Å². The van der Waals surface area contributed by atoms with Gasteiger partial charge in [0, 0.05) is 0 Å². The third kappa shape index (κ3) is 11.5. The maximum Gasteiger partial charge on any atom is 4.00 e. The van der Waals surface area contributed by atoms with Crippen molar-refractivity contribution in [2.75, 3.05) is 13.1 Å². The molecule has 0 amide bonds. The predicted octanol–water partition coefficient (Wildman–Crippen LogP) is 1.44. The smallest absolute Gasteiger partial charge is 1.00 e. The Balaban J connectivity index is -0.000000384. The molecule has 2 rings (SSSR count). The average molecular weight is 576 g/mol. The van der Waals surface area contributed by atoms with Gasteiger partial charge < -0.3 is 44.6 Å². The zero-order valence-corrected chi connectivity index (χ0v) is 23.1. The van der Waals surface area contributed by atoms with Crippen molar-refractivity contribution in [3.05, 3.63) is 69.3 Å². The van der Waals surface area contributed by atoms with Gasteiger partial charge in [-0.2, -0.15) is 0 Å². The van der Waals surface area contributed by atoms with E-state index in [1.165, 1.54) is 22.3 Å². The molecule has 0 aromatic heterocycles. The van der Waals surface area contributed by atoms with Crippen molar-refractivity contribution >= 4 is 11.4 Å². The summed E-state index contributed by atoms with van der Waals surface area (Å²) in [6.45, 7) is 14.7. The second kappa shape index (κ2) is 17.9. The molecule has 0 saturated carbocycles. The Bertz CT molecular complexity index is 578. The minimum atomic E-state index is 0. The molecule has 0 fully saturated rings. The van der Waals surface area contributed by atoms with E-state index in [1.807, 2.05) is 0 Å². The number of hydrogen-bond acceptors (Lipinski definition) is 0. The van der Waals surface area contributed by atoms with Crippen LogP contribution in [0.4, 0.5) is 11.4 Å². The zero-order valence-electron chi connectivity index (χ0n) is 17.4. The standard InChI is InChI=1S/2C11H16N.2BrH.Zr/c2*1-4-8-12-11-7-5-6-9(2)10(11)3;;;/h2*5-7H,4,8H2,1-3H3;2*1H;/q2*-1;;;+4/p-2. The van der Waals surface area contributed by atoms with Gasteiger partial charge in [0.25, 0.3) is 0 Å². The molecule has 0 heterocycles. The van der Waals surface area contributed by atoms with Crippen LogP contribution in [0.1, 0.15) is 48.9 Å². The van der Waals surface area contributed by atoms with Crippen LogP contribution in [0.3, 0.4) is 0 Å². The fraction of sp³-hybridized carbons (Fsp3) is 0.455. The van der Waals surface area contributed by atoms with E-state index in [0.29, 0.717) is 0 Å². The predicted molar refractivity (Wildman–Crippen MR) is 108 cm³/mol. The second-order valence-electron chi connectivity index (χ2n) is 6.20. The maximum absolute atomic E-state index is 4.49. The monoisotopic (exact) mass is 572 g/mol. The van der Waals surface area contributed by atoms with Crippen LogP contribution >= 0.6 is 0 Å². The van der Waals surface area contributed by atoms with Gasteiger partial charge >= 0.3 is 26.2 Å². The molecule has 0 saturated heterocycles. The van der Waals surface area contributed by atoms with Gasteiger partial charge in [-0.05, 0) is 38.8 Å². The Morgan fingerprint density at radius 3 is 1.26 bits per heavy atom. The molecule has 0 bridgehead atoms. The van der Waals surface area contributed by atoms with Crippen LogP contribution < -0.4 is 34.0 Å². The average Bonchev–Trinajstić information content (AvgIpc) is 2.58. The Morgan fingerprint density at radius 1 is 0.630 bits per heavy atom. The number of benzene rings is 2. The maximum atomic E-state index is 4.49. The Labute approximate surface area is 207 Å². The van der Waals surface area contributed by atoms with E-state index in [4.69, 9.17) is 0 Å². The van der Waals surface area contributed by atoms with Crippen molar-refractivity contribution < 1.29 is 60.2 Å². The molecule has 0 aliphatic rings. The molecule has 2 aromatic rings. The fourth-order valence-corrected chi connectivity index (χ4v) is 2.28. The Morgan fingerprint density at radius 2 is 0.963 bits per heavy atom. The summed E-state index contributed by atoms with van der Waals surface area (Å²) in [6, 6.07) is 12.5. The van der Waals surface area contributed by atoms with Gasteiger partial charge in [0.2, 0.25) is 0 Å². The molecule has 5 heteroatoms. The van der Waals surface area contributed by atoms with Crippen LogP contribution in [0, 0.1) is 27.7 Å². The molecule has 148 valence electrons. The van der Waals surface area contributed by atoms with Crippen molar-refractivity contribution in [3.63, 3.8) is 0 Å². The number of hydrogen-bond donors (Lipinski definition) is 0. The fourth-order valence-electron chi connectivity index (χ4n) is 2.28. The van der Waals surface area contributed by atoms with E-state index in [-0.39, 0.29) is 60.2 Å². The topological polar surface area (TPSA) is 28.2 Å². The van der Waals surface area contributed by atoms with Crippen LogP contribution in [-0.4, -0.2) is 13.1 Å². The third-order valence-electron chi connectivity index (χ3n) is 4.16. The van der Waals surface area contributed by atoms with E-state index < -0.39 is 0 Å². The van der Waals surface area contributed by atoms with Gasteiger partial charge in [0.05, 0.1) is 0 Å². The van der Waals surface area contributed by atoms with E-state index in [0.717, 1.165) is 37.3 Å². The molecule has 0 radical (unpaired) electrons. The summed E-state index contributed by atoms with van der Waals surface area (Å²) < 4.78 is 0. The first kappa shape index (κ1) is 31.6. The first-order valence-electron chi connectivity index (χ1n) is 8.98. The summed E-state index contributed by atoms with van der Waals surface area (Å²) >= 11 is 0. The quantitative estimate of drug-likeness (QED) is 0.499. The van der Waals surface area contributed by atoms with E-state index in [1.54, 1.807) is 0 Å². The van der Waals surface area contributed by atoms with E-state index >= 15 is 0 Å². The zero-order chi connectivity index (χ0) is 17.9. The minimum absolute atomic E-state index is 0. The summed E-state index contributed by atoms with van der Waals surface area (Å²) in [5.41, 5.74) is 7.57. The second-order valence-corrected chi connectivity index (χ2v) is 6.20. The van der Waals surface area contributed by atoms with Gasteiger partial charge in [0.15, 0.2) is 0 Å². The van der Waals surface area contributed by atoms with Gasteiger partial charge in [0.1, 0.15) is 0 Å². The van der Waals surface area contributed by atoms with Gasteiger partial charge in [-0.1, -0.05) is 74.2 Å². The largest absolute Gasteiger partial charge is 4.00 e. The van der Waals surface area contributed by atoms with Crippen LogP contribution in [-0.2, 0) is 26.2 Å². The minimum Gasteiger partial charge on any atom is -1.00 e. The van der Waals surface area contributed by atoms with Crippen LogP contribution in [0.2, 0.25) is 0 Å². The molecule has 0 aliphatic carbocycles. The number of rotatable bonds is 6. The van der Waals surface area contributed by atoms with Crippen LogP contribution in [0.5, 0.6) is 0 Å². The van der Waals surface area contributed by atoms with Crippen molar-refractivity contribution in [2.24, 2.45) is 0 Å². The summed E-state index contributed by atoms with van der Waals surface area (Å²) in [5, 5.41) is 8.97. The summed E-state index contributed by atoms with van der Waals surface area (Å²) in [4.78, 5) is 0. The van der Waals surface area contributed by atoms with Crippen molar-refractivity contribution in [1.29, 1.82) is 0 Å². The van der Waals surface area contributed by atoms with Crippen molar-refractivity contribution in [1.82, 2.24) is 0 Å². The van der Waals surface area contributed by atoms with Gasteiger partial charge in [-0.25, -0.2) is 0 Å². The molecule has 27 heavy (non-hydrogen) atoms. The number of aryl methyl sites for hydroxylation is 2. The Hall–Kier alpha value is -0.117. The summed E-state index contributed by atoms with van der Waals surface area (Å²) in [7, 11) is 0. The molecule has 0 aliphatic heterocycles. The summed E-state index contributed by atoms with van der Waals surface area (Å²) in [6.07, 6.45) is 2.24. The number of nitrogens with zero attached hydrogens (tertiary/aromatic N) is 2. The first-order chi connectivity index (χ1) is 11.5. The van der Waals surface area contributed by atoms with E-state index in [9.17, 15) is 0 Å². The van der Waals surface area contributed by atoms with Crippen LogP contribution in [0.25, 0.3) is 10.6 Å². The molecule has 0 atom stereocenters. The van der Waals surface area contributed by atoms with Crippen LogP contribution in [0.15, 0.2) is 36.4 Å². The SMILES string of the molecule is CCC[N-]c1cccc(C)c1C.CCC[N-]c1cccc(C)c1C.[Br-].[Br-].[Zr+4]. The number of halogens is 2. The summed E-state index contributed by atoms with van der Waals surface area (Å²) in [5.74, 6) is 0. The molecule has 0 spiro atoms. The molecule has 2 aromatic carbocycles. The first-order valence-corrected chi connectivity index (χ1v) is 8.98.